The average Bonchev–Trinajstić information content (AvgIpc) is 3.36. The summed E-state index contributed by atoms with van der Waals surface area (Å²) in [6.07, 6.45) is 62.1. The summed E-state index contributed by atoms with van der Waals surface area (Å²) in [5.74, 6) is 0.643. The average molecular weight is 986 g/mol. The van der Waals surface area contributed by atoms with Gasteiger partial charge in [0.15, 0.2) is 0 Å². The third kappa shape index (κ3) is 50.8. The van der Waals surface area contributed by atoms with Crippen molar-refractivity contribution >= 4 is 17.9 Å². The summed E-state index contributed by atoms with van der Waals surface area (Å²) in [5.41, 5.74) is 1.27. The molecule has 6 nitrogen and oxygen atoms in total. The molecular weight excluding hydrogens is 865 g/mol. The first-order valence-corrected chi connectivity index (χ1v) is 31.2. The molecule has 0 saturated heterocycles. The Morgan fingerprint density at radius 1 is 0.357 bits per heavy atom. The fourth-order valence-electron chi connectivity index (χ4n) is 9.55. The second kappa shape index (κ2) is 56.2. The third-order valence-electron chi connectivity index (χ3n) is 14.6. The van der Waals surface area contributed by atoms with Crippen LogP contribution in [0.4, 0.5) is 0 Å². The van der Waals surface area contributed by atoms with Crippen molar-refractivity contribution in [1.82, 2.24) is 0 Å². The number of rotatable bonds is 56. The third-order valence-corrected chi connectivity index (χ3v) is 14.6. The first-order chi connectivity index (χ1) is 34.4. The molecule has 0 aromatic rings. The zero-order valence-corrected chi connectivity index (χ0v) is 47.7. The molecule has 0 aliphatic heterocycles. The van der Waals surface area contributed by atoms with Crippen molar-refractivity contribution in [3.8, 4) is 0 Å². The Morgan fingerprint density at radius 2 is 0.729 bits per heavy atom. The van der Waals surface area contributed by atoms with E-state index in [9.17, 15) is 14.4 Å². The Kier molecular flexibility index (Phi) is 54.5. The first-order valence-electron chi connectivity index (χ1n) is 31.2. The molecule has 2 atom stereocenters. The molecule has 0 fully saturated rings. The van der Waals surface area contributed by atoms with Gasteiger partial charge in [-0.3, -0.25) is 14.4 Å². The number of unbranched alkanes of at least 4 members (excludes halogenated alkanes) is 34. The van der Waals surface area contributed by atoms with Gasteiger partial charge in [0.2, 0.25) is 0 Å². The van der Waals surface area contributed by atoms with Gasteiger partial charge in [-0.2, -0.15) is 0 Å². The molecule has 0 radical (unpaired) electrons. The van der Waals surface area contributed by atoms with Crippen molar-refractivity contribution in [2.24, 2.45) is 11.8 Å². The topological polar surface area (TPSA) is 78.9 Å². The Labute approximate surface area is 436 Å². The molecule has 0 amide bonds. The van der Waals surface area contributed by atoms with Gasteiger partial charge in [-0.05, 0) is 82.1 Å². The van der Waals surface area contributed by atoms with E-state index in [0.29, 0.717) is 45.0 Å². The van der Waals surface area contributed by atoms with Gasteiger partial charge < -0.3 is 14.2 Å². The molecule has 0 spiro atoms. The zero-order chi connectivity index (χ0) is 51.1. The normalized spacial score (nSPS) is 12.7. The van der Waals surface area contributed by atoms with Crippen molar-refractivity contribution in [3.63, 3.8) is 0 Å². The molecule has 0 aliphatic carbocycles. The number of carbonyl (C=O) groups excluding carboxylic acids is 3. The zero-order valence-electron chi connectivity index (χ0n) is 47.7. The van der Waals surface area contributed by atoms with E-state index in [0.717, 1.165) is 116 Å². The van der Waals surface area contributed by atoms with Crippen molar-refractivity contribution in [2.75, 3.05) is 19.8 Å². The van der Waals surface area contributed by atoms with E-state index in [1.165, 1.54) is 173 Å². The Bertz CT molecular complexity index is 1180. The van der Waals surface area contributed by atoms with Crippen LogP contribution < -0.4 is 0 Å². The second-order valence-electron chi connectivity index (χ2n) is 21.5. The number of ether oxygens (including phenoxy) is 3. The summed E-state index contributed by atoms with van der Waals surface area (Å²) in [6, 6.07) is 0. The van der Waals surface area contributed by atoms with E-state index in [-0.39, 0.29) is 23.8 Å². The molecule has 0 aromatic carbocycles. The van der Waals surface area contributed by atoms with Crippen LogP contribution in [0, 0.1) is 11.8 Å². The van der Waals surface area contributed by atoms with Crippen molar-refractivity contribution in [1.29, 1.82) is 0 Å². The molecule has 0 saturated carbocycles. The summed E-state index contributed by atoms with van der Waals surface area (Å²) < 4.78 is 17.3. The number of carbonyl (C=O) groups is 3. The number of hydrogen-bond donors (Lipinski definition) is 0. The van der Waals surface area contributed by atoms with Crippen LogP contribution in [-0.4, -0.2) is 37.7 Å². The van der Waals surface area contributed by atoms with Crippen LogP contribution >= 0.6 is 0 Å². The predicted octanol–water partition coefficient (Wildman–Crippen LogP) is 20.8. The van der Waals surface area contributed by atoms with Crippen LogP contribution in [0.15, 0.2) is 23.8 Å². The van der Waals surface area contributed by atoms with Gasteiger partial charge in [-0.15, -0.1) is 0 Å². The smallest absolute Gasteiger partial charge is 0.306 e. The molecule has 0 aromatic heterocycles. The summed E-state index contributed by atoms with van der Waals surface area (Å²) in [7, 11) is 0. The van der Waals surface area contributed by atoms with Gasteiger partial charge in [0, 0.05) is 25.2 Å². The van der Waals surface area contributed by atoms with Crippen LogP contribution in [0.25, 0.3) is 0 Å². The van der Waals surface area contributed by atoms with E-state index in [4.69, 9.17) is 14.2 Å². The van der Waals surface area contributed by atoms with E-state index in [1.54, 1.807) is 0 Å². The maximum absolute atomic E-state index is 12.8. The fraction of sp³-hybridized carbons (Fsp3) is 0.891. The molecule has 6 heteroatoms. The lowest BCUT2D eigenvalue weighted by Gasteiger charge is -2.14. The molecule has 0 aliphatic rings. The van der Waals surface area contributed by atoms with Crippen LogP contribution in [0.1, 0.15) is 336 Å². The highest BCUT2D eigenvalue weighted by molar-refractivity contribution is 5.70. The van der Waals surface area contributed by atoms with Crippen LogP contribution in [-0.2, 0) is 28.6 Å². The minimum Gasteiger partial charge on any atom is -0.465 e. The lowest BCUT2D eigenvalue weighted by Crippen LogP contribution is -2.13. The van der Waals surface area contributed by atoms with Gasteiger partial charge in [-0.1, -0.05) is 265 Å². The number of hydrogen-bond acceptors (Lipinski definition) is 6. The Balaban J connectivity index is 4.54. The monoisotopic (exact) mass is 985 g/mol. The lowest BCUT2D eigenvalue weighted by molar-refractivity contribution is -0.146. The summed E-state index contributed by atoms with van der Waals surface area (Å²) in [4.78, 5) is 37.8. The molecule has 0 bridgehead atoms. The highest BCUT2D eigenvalue weighted by Crippen LogP contribution is 2.20. The number of allylic oxidation sites excluding steroid dienone is 2. The lowest BCUT2D eigenvalue weighted by atomic mass is 9.99. The molecule has 0 N–H and O–H groups in total. The first kappa shape index (κ1) is 67.9. The molecular formula is C64H120O6. The fourth-order valence-corrected chi connectivity index (χ4v) is 9.55. The van der Waals surface area contributed by atoms with Gasteiger partial charge >= 0.3 is 17.9 Å². The maximum atomic E-state index is 12.8. The van der Waals surface area contributed by atoms with Crippen molar-refractivity contribution < 1.29 is 28.6 Å². The summed E-state index contributed by atoms with van der Waals surface area (Å²) in [5, 5.41) is 0. The maximum Gasteiger partial charge on any atom is 0.306 e. The highest BCUT2D eigenvalue weighted by Gasteiger charge is 2.12. The standard InChI is InChI=1S/C64H120O6/c1-6-11-15-18-21-22-23-24-25-26-27-28-31-38-45-54-63(66)69-57-60(49-41-34-29-19-16-12-7-2)52-44-37-33-40-47-55-64(67)70-58-61(50-42-35-30-20-17-13-8-3)51-43-36-32-39-46-53-62(65)68-56-59(10-5)48-14-9-4/h41,49,51,59-60H,6-40,42-48,50,52-58H2,1-5H3/b49-41+,61-51+. The van der Waals surface area contributed by atoms with Crippen LogP contribution in [0.2, 0.25) is 0 Å². The van der Waals surface area contributed by atoms with Gasteiger partial charge in [0.1, 0.15) is 6.61 Å². The van der Waals surface area contributed by atoms with Gasteiger partial charge in [-0.25, -0.2) is 0 Å². The van der Waals surface area contributed by atoms with Crippen LogP contribution in [0.3, 0.4) is 0 Å². The van der Waals surface area contributed by atoms with E-state index < -0.39 is 0 Å². The minimum absolute atomic E-state index is 0.0273. The molecule has 0 rings (SSSR count). The molecule has 412 valence electrons. The van der Waals surface area contributed by atoms with Crippen molar-refractivity contribution in [3.05, 3.63) is 23.8 Å². The molecule has 2 unspecified atom stereocenters. The quantitative estimate of drug-likeness (QED) is 0.0261. The number of esters is 3. The summed E-state index contributed by atoms with van der Waals surface area (Å²) >= 11 is 0. The molecule has 0 heterocycles. The Hall–Kier alpha value is -2.11. The van der Waals surface area contributed by atoms with Gasteiger partial charge in [0.25, 0.3) is 0 Å². The van der Waals surface area contributed by atoms with Crippen LogP contribution in [0.5, 0.6) is 0 Å². The minimum atomic E-state index is -0.0703. The Morgan fingerprint density at radius 3 is 1.19 bits per heavy atom. The van der Waals surface area contributed by atoms with E-state index in [2.05, 4.69) is 52.8 Å². The highest BCUT2D eigenvalue weighted by atomic mass is 16.5. The predicted molar refractivity (Wildman–Crippen MR) is 302 cm³/mol. The summed E-state index contributed by atoms with van der Waals surface area (Å²) in [6.45, 7) is 12.7. The SMILES string of the molecule is CCCCCCC/C=C/C(CCCCCCCC(=O)OC/C(=C/CCCCCCC(=O)OCC(CC)CCCC)CCCCCCCCC)COC(=O)CCCCCCCCCCCCCCCCC. The largest absolute Gasteiger partial charge is 0.465 e. The van der Waals surface area contributed by atoms with E-state index >= 15 is 0 Å². The van der Waals surface area contributed by atoms with E-state index in [1.807, 2.05) is 0 Å². The van der Waals surface area contributed by atoms with Crippen molar-refractivity contribution in [2.45, 2.75) is 336 Å². The molecule has 70 heavy (non-hydrogen) atoms. The van der Waals surface area contributed by atoms with Gasteiger partial charge in [0.05, 0.1) is 13.2 Å². The second-order valence-corrected chi connectivity index (χ2v) is 21.5.